The summed E-state index contributed by atoms with van der Waals surface area (Å²) in [5, 5.41) is -3.06. The molecule has 0 unspecified atom stereocenters. The lowest BCUT2D eigenvalue weighted by Crippen LogP contribution is -1.98. The number of hydrogen-bond donors (Lipinski definition) is 0. The molecule has 9 aromatic carbocycles. The van der Waals surface area contributed by atoms with E-state index in [1.54, 1.807) is 0 Å². The van der Waals surface area contributed by atoms with E-state index in [1.165, 1.54) is 24.3 Å². The average molecular weight is 757 g/mol. The molecule has 0 amide bonds. The van der Waals surface area contributed by atoms with Crippen molar-refractivity contribution >= 4 is 65.4 Å². The lowest BCUT2D eigenvalue weighted by atomic mass is 9.99. The van der Waals surface area contributed by atoms with Gasteiger partial charge < -0.3 is 13.7 Å². The summed E-state index contributed by atoms with van der Waals surface area (Å²) >= 11 is 0. The van der Waals surface area contributed by atoms with Gasteiger partial charge in [-0.05, 0) is 94.8 Å². The number of hydrogen-bond acceptors (Lipinski definition) is 0. The minimum Gasteiger partial charge on any atom is -0.309 e. The molecule has 0 saturated carbocycles. The molecule has 3 nitrogen and oxygen atoms in total. The zero-order chi connectivity index (χ0) is 64.4. The molecule has 3 heterocycles. The van der Waals surface area contributed by atoms with Crippen LogP contribution in [0.15, 0.2) is 212 Å². The molecule has 0 aliphatic heterocycles. The molecule has 0 radical (unpaired) electrons. The maximum Gasteiger partial charge on any atom is 0.0667 e. The quantitative estimate of drug-likeness (QED) is 0.166. The Bertz CT molecular complexity index is 5240. The second-order valence-corrected chi connectivity index (χ2v) is 12.6. The van der Waals surface area contributed by atoms with Crippen LogP contribution in [0.5, 0.6) is 0 Å². The molecule has 3 aromatic heterocycles. The van der Waals surface area contributed by atoms with E-state index in [2.05, 4.69) is 0 Å². The highest BCUT2D eigenvalue weighted by molar-refractivity contribution is 6.13. The van der Waals surface area contributed by atoms with Gasteiger partial charge in [-0.25, -0.2) is 0 Å². The first kappa shape index (κ1) is 13.8. The number of fused-ring (bicyclic) bond motifs is 9. The standard InChI is InChI=1S/C54H35N3/c1-2-14-36(15-3-1)37-16-12-17-38(32-37)39-18-13-19-40(33-39)57-51-26-10-6-22-45(51)47-30-28-42(35-54(47)57)56-52-27-11-7-23-46(52)48-34-41(29-31-53(48)56)55-49-24-8-4-20-43(49)44-21-5-9-25-50(44)55/h1-35H/i1D,2D,3D,4D,5D,6D,7D,8D,9D,10D,11D,12D,14D,15D,16D,17D,20D,21D,22D,23D,24D,25D,26D,27D,28D,29D,30D,31D,32D,34D,35D. The van der Waals surface area contributed by atoms with E-state index in [9.17, 15) is 15.1 Å². The summed E-state index contributed by atoms with van der Waals surface area (Å²) in [5.74, 6) is 0. The predicted molar refractivity (Wildman–Crippen MR) is 240 cm³/mol. The van der Waals surface area contributed by atoms with Gasteiger partial charge in [0.25, 0.3) is 0 Å². The molecule has 0 aliphatic rings. The van der Waals surface area contributed by atoms with Gasteiger partial charge in [0.1, 0.15) is 0 Å². The molecular formula is C54H35N3. The lowest BCUT2D eigenvalue weighted by molar-refractivity contribution is 1.15. The first-order chi connectivity index (χ1) is 41.2. The minimum atomic E-state index is -1.03. The van der Waals surface area contributed by atoms with Crippen molar-refractivity contribution in [1.82, 2.24) is 13.7 Å². The predicted octanol–water partition coefficient (Wildman–Crippen LogP) is 14.3. The van der Waals surface area contributed by atoms with E-state index in [0.29, 0.717) is 0 Å². The van der Waals surface area contributed by atoms with Crippen molar-refractivity contribution in [3.05, 3.63) is 212 Å². The molecule has 12 rings (SSSR count). The monoisotopic (exact) mass is 756 g/mol. The summed E-state index contributed by atoms with van der Waals surface area (Å²) < 4.78 is 284. The molecule has 3 heteroatoms. The largest absolute Gasteiger partial charge is 0.309 e. The molecule has 0 spiro atoms. The van der Waals surface area contributed by atoms with Crippen LogP contribution in [0.1, 0.15) is 42.5 Å². The zero-order valence-corrected chi connectivity index (χ0v) is 28.7. The summed E-state index contributed by atoms with van der Waals surface area (Å²) in [4.78, 5) is 0. The second kappa shape index (κ2) is 12.5. The number of benzene rings is 9. The summed E-state index contributed by atoms with van der Waals surface area (Å²) in [6, 6.07) is -21.2. The fraction of sp³-hybridized carbons (Fsp3) is 0. The lowest BCUT2D eigenvalue weighted by Gasteiger charge is -2.13. The third-order valence-corrected chi connectivity index (χ3v) is 9.54. The van der Waals surface area contributed by atoms with Gasteiger partial charge in [-0.1, -0.05) is 139 Å². The normalized spacial score (nSPS) is 19.5. The van der Waals surface area contributed by atoms with Crippen LogP contribution in [0.3, 0.4) is 0 Å². The van der Waals surface area contributed by atoms with Crippen LogP contribution < -0.4 is 0 Å². The maximum atomic E-state index is 10.3. The number of aromatic nitrogens is 3. The van der Waals surface area contributed by atoms with E-state index in [0.717, 1.165) is 13.7 Å². The highest BCUT2D eigenvalue weighted by Crippen LogP contribution is 2.39. The van der Waals surface area contributed by atoms with Gasteiger partial charge in [0, 0.05) is 49.4 Å². The summed E-state index contributed by atoms with van der Waals surface area (Å²) in [5.41, 5.74) is -7.02. The van der Waals surface area contributed by atoms with Crippen molar-refractivity contribution in [1.29, 1.82) is 0 Å². The highest BCUT2D eigenvalue weighted by atomic mass is 15.0. The van der Waals surface area contributed by atoms with Crippen LogP contribution in [-0.4, -0.2) is 13.7 Å². The molecule has 0 atom stereocenters. The third-order valence-electron chi connectivity index (χ3n) is 9.54. The Kier molecular flexibility index (Phi) is 3.02. The summed E-state index contributed by atoms with van der Waals surface area (Å²) in [7, 11) is 0. The Morgan fingerprint density at radius 2 is 0.737 bits per heavy atom. The van der Waals surface area contributed by atoms with Gasteiger partial charge in [0.2, 0.25) is 0 Å². The second-order valence-electron chi connectivity index (χ2n) is 12.6. The van der Waals surface area contributed by atoms with Crippen LogP contribution in [0.2, 0.25) is 0 Å². The van der Waals surface area contributed by atoms with Gasteiger partial charge >= 0.3 is 0 Å². The van der Waals surface area contributed by atoms with E-state index < -0.39 is 281 Å². The molecule has 0 N–H and O–H groups in total. The molecular weight excluding hydrogens is 691 g/mol. The first-order valence-electron chi connectivity index (χ1n) is 32.6. The number of para-hydroxylation sites is 4. The topological polar surface area (TPSA) is 14.8 Å². The van der Waals surface area contributed by atoms with Crippen molar-refractivity contribution in [2.45, 2.75) is 0 Å². The van der Waals surface area contributed by atoms with Gasteiger partial charge in [-0.15, -0.1) is 0 Å². The first-order valence-corrected chi connectivity index (χ1v) is 17.1. The average Bonchev–Trinajstić information content (AvgIpc) is 1.56. The smallest absolute Gasteiger partial charge is 0.0667 e. The molecule has 0 saturated heterocycles. The minimum absolute atomic E-state index is 0.145. The van der Waals surface area contributed by atoms with Crippen molar-refractivity contribution in [3.8, 4) is 39.3 Å². The van der Waals surface area contributed by atoms with Crippen molar-refractivity contribution < 1.29 is 42.5 Å². The van der Waals surface area contributed by atoms with Crippen LogP contribution in [0.4, 0.5) is 0 Å². The van der Waals surface area contributed by atoms with E-state index in [1.807, 2.05) is 0 Å². The molecule has 57 heavy (non-hydrogen) atoms. The zero-order valence-electron chi connectivity index (χ0n) is 59.7. The van der Waals surface area contributed by atoms with Crippen molar-refractivity contribution in [3.63, 3.8) is 0 Å². The Morgan fingerprint density at radius 3 is 1.37 bits per heavy atom. The van der Waals surface area contributed by atoms with Crippen LogP contribution >= 0.6 is 0 Å². The van der Waals surface area contributed by atoms with Crippen LogP contribution in [-0.2, 0) is 0 Å². The molecule has 0 aliphatic carbocycles. The Labute approximate surface area is 373 Å². The summed E-state index contributed by atoms with van der Waals surface area (Å²) in [6.45, 7) is 0. The van der Waals surface area contributed by atoms with Crippen LogP contribution in [0.25, 0.3) is 105 Å². The fourth-order valence-electron chi connectivity index (χ4n) is 7.14. The Hall–Kier alpha value is -7.62. The maximum absolute atomic E-state index is 10.3. The molecule has 266 valence electrons. The number of rotatable bonds is 5. The van der Waals surface area contributed by atoms with Gasteiger partial charge in [-0.3, -0.25) is 0 Å². The molecule has 0 fully saturated rings. The van der Waals surface area contributed by atoms with Gasteiger partial charge in [0.05, 0.1) is 75.6 Å². The Balaban J connectivity index is 1.25. The molecule has 12 aromatic rings. The van der Waals surface area contributed by atoms with E-state index in [-0.39, 0.29) is 11.3 Å². The SMILES string of the molecule is [2H]c1c([2H])c([2H])c(-c2c([2H])c([2H])c([2H])c(-c3cccc(-n4c5c([2H])c([2H])c([2H])c([2H])c5c5c([2H])c([2H])c(-n6c7c([2H])c([2H])c([2H])c([2H])c7c7c([2H])c(-n8c9c([2H])c([2H])c([2H])c([2H])c9c9c([2H])c([2H])c([2H])c([2H])c98)c([2H])c([2H])c76)c([2H])c54)c3)c2[2H])c([2H])c1[2H]. The van der Waals surface area contributed by atoms with Crippen LogP contribution in [0, 0.1) is 0 Å². The van der Waals surface area contributed by atoms with Crippen molar-refractivity contribution in [2.75, 3.05) is 0 Å². The fourth-order valence-corrected chi connectivity index (χ4v) is 7.14. The van der Waals surface area contributed by atoms with Gasteiger partial charge in [0.15, 0.2) is 0 Å². The van der Waals surface area contributed by atoms with Gasteiger partial charge in [-0.2, -0.15) is 0 Å². The van der Waals surface area contributed by atoms with E-state index >= 15 is 0 Å². The van der Waals surface area contributed by atoms with E-state index in [4.69, 9.17) is 27.4 Å². The summed E-state index contributed by atoms with van der Waals surface area (Å²) in [6.07, 6.45) is 0. The third kappa shape index (κ3) is 4.86. The van der Waals surface area contributed by atoms with Crippen molar-refractivity contribution in [2.24, 2.45) is 0 Å². The number of nitrogens with zero attached hydrogens (tertiary/aromatic N) is 3. The Morgan fingerprint density at radius 1 is 0.281 bits per heavy atom. The molecule has 0 bridgehead atoms. The highest BCUT2D eigenvalue weighted by Gasteiger charge is 2.19.